The lowest BCUT2D eigenvalue weighted by Gasteiger charge is -2.17. The van der Waals surface area contributed by atoms with Gasteiger partial charge in [-0.25, -0.2) is 13.8 Å². The molecule has 0 saturated heterocycles. The predicted octanol–water partition coefficient (Wildman–Crippen LogP) is 6.18. The van der Waals surface area contributed by atoms with Gasteiger partial charge in [-0.05, 0) is 66.6 Å². The Morgan fingerprint density at radius 2 is 1.61 bits per heavy atom. The number of carbonyl (C=O) groups is 2. The van der Waals surface area contributed by atoms with Crippen molar-refractivity contribution in [3.63, 3.8) is 0 Å². The number of allylic oxidation sites excluding steroid dienone is 1. The minimum atomic E-state index is -4.96. The van der Waals surface area contributed by atoms with E-state index < -0.39 is 51.6 Å². The number of hydrogen-bond acceptors (Lipinski definition) is 4. The largest absolute Gasteiger partial charge is 0.416 e. The topological polar surface area (TPSA) is 92.7 Å². The van der Waals surface area contributed by atoms with E-state index >= 15 is 0 Å². The third-order valence-corrected chi connectivity index (χ3v) is 6.69. The fourth-order valence-electron chi connectivity index (χ4n) is 4.55. The van der Waals surface area contributed by atoms with Crippen LogP contribution in [0.15, 0.2) is 69.7 Å². The van der Waals surface area contributed by atoms with Crippen LogP contribution in [0, 0.1) is 11.6 Å². The van der Waals surface area contributed by atoms with Crippen molar-refractivity contribution in [1.82, 2.24) is 0 Å². The predicted molar refractivity (Wildman–Crippen MR) is 142 cm³/mol. The van der Waals surface area contributed by atoms with Gasteiger partial charge in [0.25, 0.3) is 11.8 Å². The van der Waals surface area contributed by atoms with Crippen LogP contribution in [0.1, 0.15) is 49.9 Å². The molecular weight excluding hydrogens is 571 g/mol. The summed E-state index contributed by atoms with van der Waals surface area (Å²) in [6, 6.07) is 6.92. The molecule has 1 aliphatic rings. The minimum Gasteiger partial charge on any atom is -0.321 e. The highest BCUT2D eigenvalue weighted by Gasteiger charge is 2.34. The van der Waals surface area contributed by atoms with Crippen molar-refractivity contribution in [2.45, 2.75) is 13.1 Å². The van der Waals surface area contributed by atoms with Crippen LogP contribution in [0.4, 0.5) is 27.6 Å². The van der Waals surface area contributed by atoms with Crippen LogP contribution in [0.25, 0.3) is 16.7 Å². The zero-order valence-corrected chi connectivity index (χ0v) is 21.4. The molecule has 4 aromatic rings. The van der Waals surface area contributed by atoms with Gasteiger partial charge in [-0.3, -0.25) is 19.2 Å². The summed E-state index contributed by atoms with van der Waals surface area (Å²) in [7, 11) is 0. The number of benzene rings is 3. The SMILES string of the molecule is C=C(C)c1c(-c2cc(NC(=O)c3cc(F)cc(C(F)(F)F)c3)c3c(c2)C(=O)N=C3c2cc(F)ccc2Cl)c(=O)c1=O. The number of hydrogen-bond donors (Lipinski definition) is 1. The number of nitrogens with one attached hydrogen (secondary N) is 1. The fraction of sp³-hybridized carbons (Fsp3) is 0.0690. The summed E-state index contributed by atoms with van der Waals surface area (Å²) in [6.07, 6.45) is -4.96. The highest BCUT2D eigenvalue weighted by molar-refractivity contribution is 6.39. The van der Waals surface area contributed by atoms with Gasteiger partial charge < -0.3 is 5.32 Å². The molecule has 0 aliphatic carbocycles. The van der Waals surface area contributed by atoms with E-state index in [4.69, 9.17) is 11.6 Å². The third-order valence-electron chi connectivity index (χ3n) is 6.36. The lowest BCUT2D eigenvalue weighted by Crippen LogP contribution is -2.36. The maximum Gasteiger partial charge on any atom is 0.416 e. The molecule has 1 N–H and O–H groups in total. The molecule has 0 bridgehead atoms. The molecule has 12 heteroatoms. The molecule has 1 aliphatic heterocycles. The standard InChI is InChI=1S/C29H14ClF5N2O4/c1-11(2)21-22(26(39)25(21)38)12-7-18-23(24(37-28(18)41)17-10-15(31)3-4-19(17)30)20(8-12)36-27(40)13-5-14(29(33,34)35)9-16(32)6-13/h3-10H,1H2,2H3,(H,36,40). The van der Waals surface area contributed by atoms with Gasteiger partial charge in [0.05, 0.1) is 27.5 Å². The van der Waals surface area contributed by atoms with Crippen LogP contribution in [0.2, 0.25) is 5.02 Å². The Morgan fingerprint density at radius 1 is 0.902 bits per heavy atom. The number of anilines is 1. The molecule has 0 atom stereocenters. The van der Waals surface area contributed by atoms with Gasteiger partial charge in [0, 0.05) is 27.8 Å². The first-order valence-electron chi connectivity index (χ1n) is 11.6. The Labute approximate surface area is 232 Å². The first-order chi connectivity index (χ1) is 19.2. The monoisotopic (exact) mass is 584 g/mol. The molecule has 2 amide bonds. The van der Waals surface area contributed by atoms with E-state index in [0.717, 1.165) is 12.1 Å². The average molecular weight is 585 g/mol. The molecule has 5 rings (SSSR count). The second-order valence-corrected chi connectivity index (χ2v) is 9.61. The van der Waals surface area contributed by atoms with Crippen molar-refractivity contribution < 1.29 is 31.5 Å². The summed E-state index contributed by atoms with van der Waals surface area (Å²) in [5, 5.41) is 2.33. The van der Waals surface area contributed by atoms with Crippen molar-refractivity contribution in [3.05, 3.63) is 126 Å². The van der Waals surface area contributed by atoms with Crippen LogP contribution in [-0.2, 0) is 6.18 Å². The molecule has 206 valence electrons. The number of fused-ring (bicyclic) bond motifs is 1. The molecule has 0 unspecified atom stereocenters. The van der Waals surface area contributed by atoms with Gasteiger partial charge in [-0.2, -0.15) is 13.2 Å². The number of amides is 2. The van der Waals surface area contributed by atoms with Crippen LogP contribution >= 0.6 is 11.6 Å². The second-order valence-electron chi connectivity index (χ2n) is 9.21. The molecule has 41 heavy (non-hydrogen) atoms. The second kappa shape index (κ2) is 9.70. The third kappa shape index (κ3) is 4.78. The summed E-state index contributed by atoms with van der Waals surface area (Å²) < 4.78 is 67.9. The van der Waals surface area contributed by atoms with Crippen molar-refractivity contribution >= 4 is 40.4 Å². The highest BCUT2D eigenvalue weighted by atomic mass is 35.5. The number of halogens is 6. The van der Waals surface area contributed by atoms with Crippen molar-refractivity contribution in [3.8, 4) is 11.1 Å². The Kier molecular flexibility index (Phi) is 6.57. The van der Waals surface area contributed by atoms with E-state index in [-0.39, 0.29) is 61.4 Å². The molecule has 0 radical (unpaired) electrons. The molecular formula is C29H14ClF5N2O4. The average Bonchev–Trinajstić information content (AvgIpc) is 3.22. The quantitative estimate of drug-likeness (QED) is 0.224. The van der Waals surface area contributed by atoms with Gasteiger partial charge in [-0.15, -0.1) is 0 Å². The Balaban J connectivity index is 1.72. The smallest absolute Gasteiger partial charge is 0.321 e. The summed E-state index contributed by atoms with van der Waals surface area (Å²) in [5.41, 5.74) is -4.38. The van der Waals surface area contributed by atoms with E-state index in [9.17, 15) is 41.1 Å². The fourth-order valence-corrected chi connectivity index (χ4v) is 4.76. The molecule has 0 spiro atoms. The van der Waals surface area contributed by atoms with Crippen molar-refractivity contribution in [1.29, 1.82) is 0 Å². The molecule has 0 saturated carbocycles. The molecule has 4 aromatic carbocycles. The number of carbonyl (C=O) groups excluding carboxylic acids is 2. The van der Waals surface area contributed by atoms with Gasteiger partial charge in [-0.1, -0.05) is 18.2 Å². The van der Waals surface area contributed by atoms with Crippen molar-refractivity contribution in [2.75, 3.05) is 5.32 Å². The van der Waals surface area contributed by atoms with Gasteiger partial charge >= 0.3 is 6.18 Å². The Morgan fingerprint density at radius 3 is 2.27 bits per heavy atom. The summed E-state index contributed by atoms with van der Waals surface area (Å²) >= 11 is 6.23. The lowest BCUT2D eigenvalue weighted by molar-refractivity contribution is -0.137. The molecule has 1 heterocycles. The maximum absolute atomic E-state index is 14.1. The number of nitrogens with zero attached hydrogens (tertiary/aromatic N) is 1. The summed E-state index contributed by atoms with van der Waals surface area (Å²) in [4.78, 5) is 54.8. The van der Waals surface area contributed by atoms with E-state index in [1.54, 1.807) is 0 Å². The minimum absolute atomic E-state index is 0.00649. The maximum atomic E-state index is 14.1. The van der Waals surface area contributed by atoms with Crippen LogP contribution < -0.4 is 16.2 Å². The Hall–Kier alpha value is -4.77. The lowest BCUT2D eigenvalue weighted by atomic mass is 9.87. The van der Waals surface area contributed by atoms with Gasteiger partial charge in [0.15, 0.2) is 0 Å². The van der Waals surface area contributed by atoms with Crippen LogP contribution in [0.3, 0.4) is 0 Å². The molecule has 0 aromatic heterocycles. The molecule has 6 nitrogen and oxygen atoms in total. The van der Waals surface area contributed by atoms with E-state index in [0.29, 0.717) is 12.1 Å². The zero-order valence-electron chi connectivity index (χ0n) is 20.7. The van der Waals surface area contributed by atoms with Crippen molar-refractivity contribution in [2.24, 2.45) is 4.99 Å². The number of rotatable bonds is 5. The van der Waals surface area contributed by atoms with Crippen LogP contribution in [-0.4, -0.2) is 17.5 Å². The van der Waals surface area contributed by atoms with Gasteiger partial charge in [0.1, 0.15) is 11.6 Å². The summed E-state index contributed by atoms with van der Waals surface area (Å²) in [6.45, 7) is 5.16. The number of alkyl halides is 3. The first-order valence-corrected chi connectivity index (χ1v) is 12.0. The van der Waals surface area contributed by atoms with E-state index in [1.165, 1.54) is 25.1 Å². The van der Waals surface area contributed by atoms with Crippen LogP contribution in [0.5, 0.6) is 0 Å². The van der Waals surface area contributed by atoms with E-state index in [1.807, 2.05) is 0 Å². The van der Waals surface area contributed by atoms with Gasteiger partial charge in [0.2, 0.25) is 10.9 Å². The molecule has 0 fully saturated rings. The normalized spacial score (nSPS) is 12.9. The summed E-state index contributed by atoms with van der Waals surface area (Å²) in [5.74, 6) is -4.14. The zero-order chi connectivity index (χ0) is 30.0. The number of aliphatic imine (C=N–C) groups is 1. The van der Waals surface area contributed by atoms with E-state index in [2.05, 4.69) is 16.9 Å². The Bertz CT molecular complexity index is 1950. The highest BCUT2D eigenvalue weighted by Crippen LogP contribution is 2.38. The first kappa shape index (κ1) is 27.8.